The second-order valence-electron chi connectivity index (χ2n) is 9.27. The van der Waals surface area contributed by atoms with Gasteiger partial charge in [-0.2, -0.15) is 10.5 Å². The van der Waals surface area contributed by atoms with Gasteiger partial charge in [0.2, 0.25) is 0 Å². The van der Waals surface area contributed by atoms with E-state index in [2.05, 4.69) is 4.74 Å². The summed E-state index contributed by atoms with van der Waals surface area (Å²) in [5, 5.41) is 39.6. The number of benzene rings is 2. The van der Waals surface area contributed by atoms with Crippen molar-refractivity contribution in [2.75, 3.05) is 13.9 Å². The quantitative estimate of drug-likeness (QED) is 0.405. The second-order valence-corrected chi connectivity index (χ2v) is 9.27. The van der Waals surface area contributed by atoms with Gasteiger partial charge in [0.1, 0.15) is 36.1 Å². The number of hydrogen-bond donors (Lipinski definition) is 2. The summed E-state index contributed by atoms with van der Waals surface area (Å²) in [6, 6.07) is 6.56. The summed E-state index contributed by atoms with van der Waals surface area (Å²) in [7, 11) is 1.11. The first-order chi connectivity index (χ1) is 18.4. The molecule has 0 heterocycles. The smallest absolute Gasteiger partial charge is 0.339 e. The third kappa shape index (κ3) is 4.00. The van der Waals surface area contributed by atoms with Crippen molar-refractivity contribution in [1.29, 1.82) is 10.5 Å². The Morgan fingerprint density at radius 2 is 1.77 bits per heavy atom. The molecule has 2 aromatic carbocycles. The fourth-order valence-electron chi connectivity index (χ4n) is 4.91. The lowest BCUT2D eigenvalue weighted by atomic mass is 9.64. The van der Waals surface area contributed by atoms with E-state index in [4.69, 9.17) is 4.74 Å². The SMILES string of the molecule is COCOC(C#N)(C#N)c1c(F)c(F)c(C(=O)O)c(C2=C3C=CC(=O)C=C3C(C)(C)c3cc(O)ccc32)c1F. The number of aromatic carboxylic acids is 1. The maximum absolute atomic E-state index is 16.5. The number of nitriles is 2. The average molecular weight is 536 g/mol. The van der Waals surface area contributed by atoms with Crippen LogP contribution in [0.4, 0.5) is 13.2 Å². The van der Waals surface area contributed by atoms with Gasteiger partial charge in [-0.05, 0) is 46.6 Å². The number of methoxy groups -OCH3 is 1. The van der Waals surface area contributed by atoms with Crippen LogP contribution in [0.2, 0.25) is 0 Å². The molecule has 11 heteroatoms. The molecule has 0 saturated heterocycles. The van der Waals surface area contributed by atoms with E-state index in [-0.39, 0.29) is 28.0 Å². The molecule has 39 heavy (non-hydrogen) atoms. The first-order valence-corrected chi connectivity index (χ1v) is 11.3. The summed E-state index contributed by atoms with van der Waals surface area (Å²) in [5.41, 5.74) is -7.30. The summed E-state index contributed by atoms with van der Waals surface area (Å²) in [4.78, 5) is 24.6. The molecule has 0 unspecified atom stereocenters. The highest BCUT2D eigenvalue weighted by atomic mass is 19.2. The molecule has 0 amide bonds. The van der Waals surface area contributed by atoms with E-state index < -0.39 is 63.7 Å². The molecule has 0 aliphatic heterocycles. The molecular formula is C28H19F3N2O6. The van der Waals surface area contributed by atoms with Crippen LogP contribution in [0.25, 0.3) is 5.57 Å². The first-order valence-electron chi connectivity index (χ1n) is 11.3. The Kier molecular flexibility index (Phi) is 6.69. The number of phenols is 1. The van der Waals surface area contributed by atoms with Crippen LogP contribution in [-0.4, -0.2) is 35.9 Å². The fourth-order valence-corrected chi connectivity index (χ4v) is 4.91. The Balaban J connectivity index is 2.27. The minimum absolute atomic E-state index is 0.119. The van der Waals surface area contributed by atoms with Gasteiger partial charge < -0.3 is 19.7 Å². The number of ether oxygens (including phenoxy) is 2. The highest BCUT2D eigenvalue weighted by Crippen LogP contribution is 2.52. The number of fused-ring (bicyclic) bond motifs is 2. The zero-order valence-electron chi connectivity index (χ0n) is 20.7. The molecule has 0 aromatic heterocycles. The van der Waals surface area contributed by atoms with E-state index in [1.807, 2.05) is 0 Å². The van der Waals surface area contributed by atoms with Gasteiger partial charge in [0.25, 0.3) is 5.60 Å². The fraction of sp³-hybridized carbons (Fsp3) is 0.214. The minimum atomic E-state index is -3.06. The predicted octanol–water partition coefficient (Wildman–Crippen LogP) is 4.53. The molecule has 8 nitrogen and oxygen atoms in total. The number of allylic oxidation sites excluding steroid dienone is 5. The van der Waals surface area contributed by atoms with Crippen molar-refractivity contribution >= 4 is 17.3 Å². The van der Waals surface area contributed by atoms with E-state index >= 15 is 13.2 Å². The number of rotatable bonds is 6. The molecule has 0 spiro atoms. The summed E-state index contributed by atoms with van der Waals surface area (Å²) in [6.07, 6.45) is 3.66. The van der Waals surface area contributed by atoms with Gasteiger partial charge in [-0.25, -0.2) is 18.0 Å². The van der Waals surface area contributed by atoms with Crippen LogP contribution >= 0.6 is 0 Å². The van der Waals surface area contributed by atoms with Gasteiger partial charge in [0, 0.05) is 23.7 Å². The zero-order valence-corrected chi connectivity index (χ0v) is 20.7. The van der Waals surface area contributed by atoms with Crippen LogP contribution in [0.3, 0.4) is 0 Å². The largest absolute Gasteiger partial charge is 0.508 e. The van der Waals surface area contributed by atoms with Crippen molar-refractivity contribution in [1.82, 2.24) is 0 Å². The number of halogens is 3. The van der Waals surface area contributed by atoms with E-state index in [1.54, 1.807) is 13.8 Å². The minimum Gasteiger partial charge on any atom is -0.508 e. The van der Waals surface area contributed by atoms with Gasteiger partial charge >= 0.3 is 5.97 Å². The summed E-state index contributed by atoms with van der Waals surface area (Å²) < 4.78 is 57.1. The van der Waals surface area contributed by atoms with E-state index in [1.165, 1.54) is 42.5 Å². The Morgan fingerprint density at radius 3 is 2.36 bits per heavy atom. The van der Waals surface area contributed by atoms with Crippen molar-refractivity contribution in [2.45, 2.75) is 24.9 Å². The molecule has 4 rings (SSSR count). The standard InChI is InChI=1S/C28H19F3N2O6/c1-27(2)17-8-13(34)4-6-15(17)19(16-7-5-14(35)9-18(16)27)20-21(26(36)37)24(30)25(31)22(23(20)29)28(10-32,11-33)39-12-38-3/h4-9,34H,12H2,1-3H3,(H,36,37). The Hall–Kier alpha value is -4.71. The molecule has 0 bridgehead atoms. The number of phenolic OH excluding ortho intramolecular Hbond substituents is 1. The van der Waals surface area contributed by atoms with Crippen LogP contribution in [0, 0.1) is 40.1 Å². The van der Waals surface area contributed by atoms with Gasteiger partial charge in [-0.3, -0.25) is 4.79 Å². The highest BCUT2D eigenvalue weighted by molar-refractivity contribution is 6.07. The molecule has 0 saturated carbocycles. The third-order valence-corrected chi connectivity index (χ3v) is 6.72. The second kappa shape index (κ2) is 9.55. The van der Waals surface area contributed by atoms with Crippen molar-refractivity contribution in [3.63, 3.8) is 0 Å². The molecule has 0 fully saturated rings. The molecular weight excluding hydrogens is 517 g/mol. The summed E-state index contributed by atoms with van der Waals surface area (Å²) in [5.74, 6) is -8.56. The topological polar surface area (TPSA) is 141 Å². The summed E-state index contributed by atoms with van der Waals surface area (Å²) in [6.45, 7) is 2.63. The summed E-state index contributed by atoms with van der Waals surface area (Å²) >= 11 is 0. The lowest BCUT2D eigenvalue weighted by Crippen LogP contribution is -2.33. The maximum Gasteiger partial charge on any atom is 0.339 e. The van der Waals surface area contributed by atoms with Crippen LogP contribution in [0.1, 0.15) is 46.5 Å². The van der Waals surface area contributed by atoms with Crippen molar-refractivity contribution in [3.05, 3.63) is 92.8 Å². The van der Waals surface area contributed by atoms with Crippen LogP contribution in [0.5, 0.6) is 5.75 Å². The van der Waals surface area contributed by atoms with Crippen molar-refractivity contribution in [2.24, 2.45) is 0 Å². The number of ketones is 1. The Labute approximate surface area is 220 Å². The number of carboxylic acids is 1. The third-order valence-electron chi connectivity index (χ3n) is 6.72. The van der Waals surface area contributed by atoms with Crippen molar-refractivity contribution < 1.29 is 42.4 Å². The molecule has 2 N–H and O–H groups in total. The Bertz CT molecular complexity index is 1630. The number of carbonyl (C=O) groups is 2. The number of aromatic hydroxyl groups is 1. The number of nitrogens with zero attached hydrogens (tertiary/aromatic N) is 2. The normalized spacial score (nSPS) is 15.7. The van der Waals surface area contributed by atoms with E-state index in [0.29, 0.717) is 5.56 Å². The monoisotopic (exact) mass is 536 g/mol. The van der Waals surface area contributed by atoms with Gasteiger partial charge in [0.05, 0.1) is 5.56 Å². The maximum atomic E-state index is 16.5. The number of carbonyl (C=O) groups excluding carboxylic acids is 1. The average Bonchev–Trinajstić information content (AvgIpc) is 2.89. The molecule has 0 radical (unpaired) electrons. The number of carboxylic acid groups (broad SMARTS) is 1. The van der Waals surface area contributed by atoms with Crippen LogP contribution < -0.4 is 0 Å². The molecule has 0 atom stereocenters. The van der Waals surface area contributed by atoms with Gasteiger partial charge in [0.15, 0.2) is 17.4 Å². The van der Waals surface area contributed by atoms with E-state index in [9.17, 15) is 30.3 Å². The molecule has 2 aliphatic rings. The zero-order chi connectivity index (χ0) is 28.9. The number of hydrogen-bond acceptors (Lipinski definition) is 7. The first kappa shape index (κ1) is 27.3. The van der Waals surface area contributed by atoms with Crippen LogP contribution in [-0.2, 0) is 25.3 Å². The molecule has 198 valence electrons. The van der Waals surface area contributed by atoms with E-state index in [0.717, 1.165) is 13.2 Å². The molecule has 2 aliphatic carbocycles. The predicted molar refractivity (Wildman–Crippen MR) is 129 cm³/mol. The van der Waals surface area contributed by atoms with Gasteiger partial charge in [-0.1, -0.05) is 26.0 Å². The van der Waals surface area contributed by atoms with Crippen molar-refractivity contribution in [3.8, 4) is 17.9 Å². The molecule has 2 aromatic rings. The van der Waals surface area contributed by atoms with Crippen LogP contribution in [0.15, 0.2) is 47.6 Å². The Morgan fingerprint density at radius 1 is 1.10 bits per heavy atom. The lowest BCUT2D eigenvalue weighted by Gasteiger charge is -2.39. The van der Waals surface area contributed by atoms with Gasteiger partial charge in [-0.15, -0.1) is 0 Å². The lowest BCUT2D eigenvalue weighted by molar-refractivity contribution is -0.110. The highest BCUT2D eigenvalue weighted by Gasteiger charge is 2.47.